The van der Waals surface area contributed by atoms with Crippen LogP contribution in [0.3, 0.4) is 0 Å². The summed E-state index contributed by atoms with van der Waals surface area (Å²) >= 11 is 0. The number of allylic oxidation sites excluding steroid dienone is 7. The van der Waals surface area contributed by atoms with Crippen LogP contribution in [0.15, 0.2) is 48.6 Å². The molecule has 11 heteroatoms. The van der Waals surface area contributed by atoms with Crippen molar-refractivity contribution in [2.75, 3.05) is 19.8 Å². The van der Waals surface area contributed by atoms with Gasteiger partial charge in [0.15, 0.2) is 6.29 Å². The summed E-state index contributed by atoms with van der Waals surface area (Å²) in [5, 5.41) is 54.6. The van der Waals surface area contributed by atoms with Crippen LogP contribution in [0.2, 0.25) is 0 Å². The fraction of sp³-hybridized carbons (Fsp3) is 0.878. The van der Waals surface area contributed by atoms with E-state index < -0.39 is 49.5 Å². The predicted molar refractivity (Wildman–Crippen MR) is 394 cm³/mol. The first-order chi connectivity index (χ1) is 45.7. The molecule has 0 radical (unpaired) electrons. The van der Waals surface area contributed by atoms with Crippen LogP contribution in [0.4, 0.5) is 0 Å². The zero-order valence-electron chi connectivity index (χ0n) is 61.0. The van der Waals surface area contributed by atoms with Gasteiger partial charge in [-0.2, -0.15) is 0 Å². The summed E-state index contributed by atoms with van der Waals surface area (Å²) in [6.45, 7) is 4.36. The van der Waals surface area contributed by atoms with Gasteiger partial charge in [0, 0.05) is 12.8 Å². The van der Waals surface area contributed by atoms with E-state index in [9.17, 15) is 35.1 Å². The molecule has 11 nitrogen and oxygen atoms in total. The van der Waals surface area contributed by atoms with E-state index in [2.05, 4.69) is 55.6 Å². The minimum atomic E-state index is -1.58. The number of esters is 1. The van der Waals surface area contributed by atoms with Crippen LogP contribution >= 0.6 is 0 Å². The lowest BCUT2D eigenvalue weighted by atomic mass is 9.99. The van der Waals surface area contributed by atoms with Crippen molar-refractivity contribution in [3.63, 3.8) is 0 Å². The van der Waals surface area contributed by atoms with E-state index in [0.29, 0.717) is 19.4 Å². The van der Waals surface area contributed by atoms with Crippen molar-refractivity contribution in [3.05, 3.63) is 48.6 Å². The van der Waals surface area contributed by atoms with Gasteiger partial charge < -0.3 is 45.1 Å². The first-order valence-corrected chi connectivity index (χ1v) is 40.4. The predicted octanol–water partition coefficient (Wildman–Crippen LogP) is 21.9. The second kappa shape index (κ2) is 70.9. The van der Waals surface area contributed by atoms with E-state index in [1.807, 2.05) is 6.08 Å². The van der Waals surface area contributed by atoms with Crippen LogP contribution < -0.4 is 5.32 Å². The van der Waals surface area contributed by atoms with Crippen LogP contribution in [0.5, 0.6) is 0 Å². The highest BCUT2D eigenvalue weighted by molar-refractivity contribution is 5.76. The standard InChI is InChI=1S/C82H153NO10/c1-3-5-7-9-11-13-15-16-42-45-49-52-56-60-64-68-75(85)74(73-92-82-81(90)80(89)79(88)76(72-84)93-82)83-77(86)69-65-61-57-53-50-46-43-40-38-36-34-32-30-28-26-24-22-20-18-17-19-21-23-25-27-29-31-33-35-37-39-41-44-47-51-55-59-63-67-71-91-78(87)70-66-62-58-54-48-14-12-10-8-6-4-2/h15-18,49,52,64,68,74-76,79-82,84-85,88-90H,3-14,19-48,50-51,53-63,65-67,69-73H2,1-2H3,(H,83,86)/b16-15+,18-17-,52-49+,68-64+. The Morgan fingerprint density at radius 1 is 0.387 bits per heavy atom. The van der Waals surface area contributed by atoms with Gasteiger partial charge in [-0.05, 0) is 83.5 Å². The van der Waals surface area contributed by atoms with Gasteiger partial charge in [-0.15, -0.1) is 0 Å². The molecule has 0 bridgehead atoms. The number of ether oxygens (including phenoxy) is 3. The fourth-order valence-corrected chi connectivity index (χ4v) is 12.8. The van der Waals surface area contributed by atoms with Crippen LogP contribution in [0.1, 0.15) is 399 Å². The molecule has 6 N–H and O–H groups in total. The minimum absolute atomic E-state index is 0.0166. The summed E-state index contributed by atoms with van der Waals surface area (Å²) in [4.78, 5) is 25.1. The third-order valence-electron chi connectivity index (χ3n) is 19.1. The van der Waals surface area contributed by atoms with Gasteiger partial charge in [-0.25, -0.2) is 0 Å². The van der Waals surface area contributed by atoms with Crippen molar-refractivity contribution < 1.29 is 49.3 Å². The summed E-state index contributed by atoms with van der Waals surface area (Å²) in [7, 11) is 0. The quantitative estimate of drug-likeness (QED) is 0.0195. The number of carbonyl (C=O) groups is 2. The lowest BCUT2D eigenvalue weighted by Gasteiger charge is -2.40. The number of rotatable bonds is 72. The molecule has 1 aliphatic rings. The molecule has 1 rings (SSSR count). The molecule has 1 heterocycles. The fourth-order valence-electron chi connectivity index (χ4n) is 12.8. The number of hydrogen-bond acceptors (Lipinski definition) is 10. The molecule has 0 aromatic rings. The van der Waals surface area contributed by atoms with Crippen molar-refractivity contribution in [2.45, 2.75) is 442 Å². The largest absolute Gasteiger partial charge is 0.466 e. The SMILES string of the molecule is CCCCCCC/C=C/CC/C=C/CC/C=C/C(O)C(COC1OC(CO)C(O)C(O)C1O)NC(=O)CCCCCCCCCCCCCCCCCCC/C=C\CCCCCCCCCCCCCCCCCCCCOC(=O)CCCCCCCCCCCCC. The number of carbonyl (C=O) groups excluding carboxylic acids is 2. The number of unbranched alkanes of at least 4 members (excludes halogenated alkanes) is 52. The monoisotopic (exact) mass is 1310 g/mol. The molecule has 0 spiro atoms. The van der Waals surface area contributed by atoms with Crippen molar-refractivity contribution in [1.82, 2.24) is 5.32 Å². The third kappa shape index (κ3) is 59.4. The van der Waals surface area contributed by atoms with Crippen molar-refractivity contribution in [3.8, 4) is 0 Å². The van der Waals surface area contributed by atoms with Gasteiger partial charge in [-0.3, -0.25) is 9.59 Å². The summed E-state index contributed by atoms with van der Waals surface area (Å²) < 4.78 is 16.8. The molecule has 0 saturated carbocycles. The maximum atomic E-state index is 13.1. The average Bonchev–Trinajstić information content (AvgIpc) is 1.11. The molecule has 1 amide bonds. The Morgan fingerprint density at radius 2 is 0.699 bits per heavy atom. The molecular weight excluding hydrogens is 1160 g/mol. The molecule has 546 valence electrons. The van der Waals surface area contributed by atoms with E-state index in [-0.39, 0.29) is 18.5 Å². The van der Waals surface area contributed by atoms with E-state index >= 15 is 0 Å². The molecule has 1 aliphatic heterocycles. The van der Waals surface area contributed by atoms with Gasteiger partial charge >= 0.3 is 5.97 Å². The maximum absolute atomic E-state index is 13.1. The van der Waals surface area contributed by atoms with Crippen LogP contribution in [-0.2, 0) is 23.8 Å². The third-order valence-corrected chi connectivity index (χ3v) is 19.1. The van der Waals surface area contributed by atoms with Crippen LogP contribution in [-0.4, -0.2) is 100 Å². The van der Waals surface area contributed by atoms with E-state index in [1.165, 1.54) is 308 Å². The zero-order valence-corrected chi connectivity index (χ0v) is 61.0. The summed E-state index contributed by atoms with van der Waals surface area (Å²) in [6.07, 6.45) is 84.3. The molecule has 1 fully saturated rings. The van der Waals surface area contributed by atoms with E-state index in [0.717, 1.165) is 64.2 Å². The number of aliphatic hydroxyl groups is 5. The molecule has 0 aromatic carbocycles. The lowest BCUT2D eigenvalue weighted by molar-refractivity contribution is -0.302. The Hall–Kier alpha value is -2.38. The molecule has 0 aromatic heterocycles. The van der Waals surface area contributed by atoms with Crippen molar-refractivity contribution >= 4 is 11.9 Å². The lowest BCUT2D eigenvalue weighted by Crippen LogP contribution is -2.60. The van der Waals surface area contributed by atoms with Crippen molar-refractivity contribution in [2.24, 2.45) is 0 Å². The van der Waals surface area contributed by atoms with Gasteiger partial charge in [0.05, 0.1) is 32.0 Å². The Morgan fingerprint density at radius 3 is 1.06 bits per heavy atom. The number of aliphatic hydroxyl groups excluding tert-OH is 5. The minimum Gasteiger partial charge on any atom is -0.466 e. The highest BCUT2D eigenvalue weighted by Gasteiger charge is 2.44. The maximum Gasteiger partial charge on any atom is 0.305 e. The van der Waals surface area contributed by atoms with Gasteiger partial charge in [0.2, 0.25) is 5.91 Å². The van der Waals surface area contributed by atoms with Gasteiger partial charge in [0.25, 0.3) is 0 Å². The number of amides is 1. The summed E-state index contributed by atoms with van der Waals surface area (Å²) in [6, 6.07) is -0.832. The molecule has 7 atom stereocenters. The van der Waals surface area contributed by atoms with E-state index in [4.69, 9.17) is 14.2 Å². The average molecular weight is 1310 g/mol. The molecule has 1 saturated heterocycles. The molecule has 93 heavy (non-hydrogen) atoms. The van der Waals surface area contributed by atoms with Gasteiger partial charge in [0.1, 0.15) is 24.4 Å². The Balaban J connectivity index is 1.92. The molecule has 7 unspecified atom stereocenters. The van der Waals surface area contributed by atoms with Crippen molar-refractivity contribution in [1.29, 1.82) is 0 Å². The van der Waals surface area contributed by atoms with Gasteiger partial charge in [-0.1, -0.05) is 351 Å². The molecule has 0 aliphatic carbocycles. The zero-order chi connectivity index (χ0) is 67.2. The Bertz CT molecular complexity index is 1690. The summed E-state index contributed by atoms with van der Waals surface area (Å²) in [5.74, 6) is -0.174. The van der Waals surface area contributed by atoms with Crippen LogP contribution in [0, 0.1) is 0 Å². The smallest absolute Gasteiger partial charge is 0.305 e. The number of hydrogen-bond donors (Lipinski definition) is 6. The Labute approximate surface area is 574 Å². The normalized spacial score (nSPS) is 17.7. The summed E-state index contributed by atoms with van der Waals surface area (Å²) in [5.41, 5.74) is 0. The highest BCUT2D eigenvalue weighted by atomic mass is 16.7. The first-order valence-electron chi connectivity index (χ1n) is 40.4. The second-order valence-electron chi connectivity index (χ2n) is 28.1. The van der Waals surface area contributed by atoms with Crippen LogP contribution in [0.25, 0.3) is 0 Å². The highest BCUT2D eigenvalue weighted by Crippen LogP contribution is 2.24. The van der Waals surface area contributed by atoms with E-state index in [1.54, 1.807) is 6.08 Å². The number of nitrogens with one attached hydrogen (secondary N) is 1. The second-order valence-corrected chi connectivity index (χ2v) is 28.1. The first kappa shape index (κ1) is 88.6. The molecular formula is C82H153NO10. The Kier molecular flexibility index (Phi) is 67.6. The topological polar surface area (TPSA) is 175 Å².